The SMILES string of the molecule is COCC(=O)OC(=O)C(Cl)CC(=O)OC(=O)O. The van der Waals surface area contributed by atoms with Gasteiger partial charge in [-0.25, -0.2) is 14.4 Å². The number of carbonyl (C=O) groups is 4. The summed E-state index contributed by atoms with van der Waals surface area (Å²) in [5.41, 5.74) is 0. The molecule has 1 atom stereocenters. The number of hydrogen-bond acceptors (Lipinski definition) is 7. The van der Waals surface area contributed by atoms with Crippen LogP contribution in [0.2, 0.25) is 0 Å². The normalized spacial score (nSPS) is 11.4. The molecule has 0 aromatic heterocycles. The lowest BCUT2D eigenvalue weighted by Gasteiger charge is -2.06. The third kappa shape index (κ3) is 7.25. The van der Waals surface area contributed by atoms with Gasteiger partial charge >= 0.3 is 24.1 Å². The zero-order chi connectivity index (χ0) is 13.4. The van der Waals surface area contributed by atoms with Crippen molar-refractivity contribution in [2.24, 2.45) is 0 Å². The van der Waals surface area contributed by atoms with Crippen LogP contribution in [-0.2, 0) is 28.6 Å². The highest BCUT2D eigenvalue weighted by Crippen LogP contribution is 2.06. The van der Waals surface area contributed by atoms with Gasteiger partial charge in [0.1, 0.15) is 12.0 Å². The fourth-order valence-corrected chi connectivity index (χ4v) is 0.863. The van der Waals surface area contributed by atoms with Crippen LogP contribution in [0.3, 0.4) is 0 Å². The van der Waals surface area contributed by atoms with Crippen LogP contribution in [0.25, 0.3) is 0 Å². The van der Waals surface area contributed by atoms with E-state index < -0.39 is 42.5 Å². The first-order valence-electron chi connectivity index (χ1n) is 4.18. The van der Waals surface area contributed by atoms with Gasteiger partial charge in [0, 0.05) is 7.11 Å². The van der Waals surface area contributed by atoms with Crippen LogP contribution in [-0.4, -0.2) is 48.3 Å². The summed E-state index contributed by atoms with van der Waals surface area (Å²) < 4.78 is 12.2. The van der Waals surface area contributed by atoms with E-state index in [9.17, 15) is 19.2 Å². The molecule has 96 valence electrons. The molecule has 0 rings (SSSR count). The lowest BCUT2D eigenvalue weighted by Crippen LogP contribution is -2.27. The van der Waals surface area contributed by atoms with E-state index in [0.717, 1.165) is 0 Å². The lowest BCUT2D eigenvalue weighted by atomic mass is 10.3. The molecule has 9 heteroatoms. The second-order valence-corrected chi connectivity index (χ2v) is 3.16. The summed E-state index contributed by atoms with van der Waals surface area (Å²) in [5, 5.41) is 6.57. The molecule has 1 N–H and O–H groups in total. The first kappa shape index (κ1) is 15.3. The lowest BCUT2D eigenvalue weighted by molar-refractivity contribution is -0.163. The summed E-state index contributed by atoms with van der Waals surface area (Å²) >= 11 is 5.39. The predicted molar refractivity (Wildman–Crippen MR) is 51.3 cm³/mol. The molecule has 0 radical (unpaired) electrons. The Bertz CT molecular complexity index is 325. The maximum Gasteiger partial charge on any atom is 0.513 e. The monoisotopic (exact) mass is 268 g/mol. The number of rotatable bonds is 5. The number of esters is 3. The van der Waals surface area contributed by atoms with Gasteiger partial charge in [0.25, 0.3) is 0 Å². The Balaban J connectivity index is 4.09. The molecule has 8 nitrogen and oxygen atoms in total. The molecule has 0 fully saturated rings. The van der Waals surface area contributed by atoms with E-state index in [1.54, 1.807) is 0 Å². The van der Waals surface area contributed by atoms with Crippen molar-refractivity contribution in [1.82, 2.24) is 0 Å². The van der Waals surface area contributed by atoms with Crippen molar-refractivity contribution < 1.29 is 38.5 Å². The molecule has 0 bridgehead atoms. The van der Waals surface area contributed by atoms with Crippen LogP contribution in [0.15, 0.2) is 0 Å². The van der Waals surface area contributed by atoms with Gasteiger partial charge < -0.3 is 19.3 Å². The summed E-state index contributed by atoms with van der Waals surface area (Å²) in [6, 6.07) is 0. The van der Waals surface area contributed by atoms with Crippen LogP contribution in [0.5, 0.6) is 0 Å². The quantitative estimate of drug-likeness (QED) is 0.418. The van der Waals surface area contributed by atoms with Crippen molar-refractivity contribution in [2.75, 3.05) is 13.7 Å². The van der Waals surface area contributed by atoms with Gasteiger partial charge in [-0.1, -0.05) is 0 Å². The predicted octanol–water partition coefficient (Wildman–Crippen LogP) is -0.0787. The number of halogens is 1. The maximum atomic E-state index is 11.1. The molecule has 0 heterocycles. The molecule has 1 unspecified atom stereocenters. The van der Waals surface area contributed by atoms with Crippen molar-refractivity contribution in [3.8, 4) is 0 Å². The van der Waals surface area contributed by atoms with E-state index in [2.05, 4.69) is 14.2 Å². The molecule has 0 aliphatic heterocycles. The average Bonchev–Trinajstić information content (AvgIpc) is 2.15. The van der Waals surface area contributed by atoms with Crippen molar-refractivity contribution in [1.29, 1.82) is 0 Å². The van der Waals surface area contributed by atoms with E-state index >= 15 is 0 Å². The minimum Gasteiger partial charge on any atom is -0.449 e. The summed E-state index contributed by atoms with van der Waals surface area (Å²) in [5.74, 6) is -3.39. The van der Waals surface area contributed by atoms with Gasteiger partial charge in [-0.15, -0.1) is 11.6 Å². The number of carbonyl (C=O) groups excluding carboxylic acids is 3. The number of carboxylic acid groups (broad SMARTS) is 1. The van der Waals surface area contributed by atoms with Gasteiger partial charge in [0.15, 0.2) is 0 Å². The molecular formula is C8H9ClO8. The van der Waals surface area contributed by atoms with Crippen molar-refractivity contribution in [3.63, 3.8) is 0 Å². The maximum absolute atomic E-state index is 11.1. The Hall–Kier alpha value is -1.67. The van der Waals surface area contributed by atoms with Crippen LogP contribution < -0.4 is 0 Å². The van der Waals surface area contributed by atoms with E-state index in [4.69, 9.17) is 16.7 Å². The third-order valence-corrected chi connectivity index (χ3v) is 1.61. The number of alkyl halides is 1. The van der Waals surface area contributed by atoms with Crippen molar-refractivity contribution in [3.05, 3.63) is 0 Å². The highest BCUT2D eigenvalue weighted by Gasteiger charge is 2.25. The second kappa shape index (κ2) is 7.58. The standard InChI is InChI=1S/C8H9ClO8/c1-15-3-6(11)16-7(12)4(9)2-5(10)17-8(13)14/h4H,2-3H2,1H3,(H,13,14). The molecule has 0 saturated carbocycles. The largest absolute Gasteiger partial charge is 0.513 e. The Morgan fingerprint density at radius 2 is 1.76 bits per heavy atom. The van der Waals surface area contributed by atoms with E-state index in [1.165, 1.54) is 7.11 Å². The first-order chi connectivity index (χ1) is 7.86. The zero-order valence-corrected chi connectivity index (χ0v) is 9.43. The third-order valence-electron chi connectivity index (χ3n) is 1.28. The molecule has 0 aromatic carbocycles. The molecule has 0 amide bonds. The van der Waals surface area contributed by atoms with Crippen molar-refractivity contribution >= 4 is 35.7 Å². The Morgan fingerprint density at radius 1 is 1.18 bits per heavy atom. The molecule has 0 spiro atoms. The summed E-state index contributed by atoms with van der Waals surface area (Å²) in [4.78, 5) is 42.6. The fourth-order valence-electron chi connectivity index (χ4n) is 0.692. The number of ether oxygens (including phenoxy) is 3. The number of hydrogen-bond donors (Lipinski definition) is 1. The Morgan fingerprint density at radius 3 is 2.24 bits per heavy atom. The molecule has 0 aliphatic carbocycles. The van der Waals surface area contributed by atoms with Gasteiger partial charge in [-0.3, -0.25) is 4.79 Å². The van der Waals surface area contributed by atoms with Gasteiger partial charge in [-0.05, 0) is 0 Å². The summed E-state index contributed by atoms with van der Waals surface area (Å²) in [6.07, 6.45) is -2.55. The molecule has 17 heavy (non-hydrogen) atoms. The van der Waals surface area contributed by atoms with E-state index in [1.807, 2.05) is 0 Å². The summed E-state index contributed by atoms with van der Waals surface area (Å²) in [6.45, 7) is -0.449. The van der Waals surface area contributed by atoms with Gasteiger partial charge in [0.2, 0.25) is 0 Å². The minimum atomic E-state index is -1.82. The summed E-state index contributed by atoms with van der Waals surface area (Å²) in [7, 11) is 1.22. The Labute approximate surface area is 100 Å². The topological polar surface area (TPSA) is 116 Å². The molecule has 0 aliphatic rings. The zero-order valence-electron chi connectivity index (χ0n) is 8.67. The van der Waals surface area contributed by atoms with Crippen LogP contribution in [0, 0.1) is 0 Å². The Kier molecular flexibility index (Phi) is 6.83. The molecule has 0 aromatic rings. The van der Waals surface area contributed by atoms with Crippen LogP contribution in [0.1, 0.15) is 6.42 Å². The highest BCUT2D eigenvalue weighted by molar-refractivity contribution is 6.31. The first-order valence-corrected chi connectivity index (χ1v) is 4.61. The van der Waals surface area contributed by atoms with Crippen LogP contribution >= 0.6 is 11.6 Å². The van der Waals surface area contributed by atoms with Crippen molar-refractivity contribution in [2.45, 2.75) is 11.8 Å². The second-order valence-electron chi connectivity index (χ2n) is 2.64. The number of methoxy groups -OCH3 is 1. The molecular weight excluding hydrogens is 260 g/mol. The van der Waals surface area contributed by atoms with Crippen LogP contribution in [0.4, 0.5) is 4.79 Å². The highest BCUT2D eigenvalue weighted by atomic mass is 35.5. The van der Waals surface area contributed by atoms with E-state index in [0.29, 0.717) is 0 Å². The minimum absolute atomic E-state index is 0.449. The van der Waals surface area contributed by atoms with Gasteiger partial charge in [-0.2, -0.15) is 0 Å². The fraction of sp³-hybridized carbons (Fsp3) is 0.500. The molecule has 0 saturated heterocycles. The average molecular weight is 269 g/mol. The van der Waals surface area contributed by atoms with E-state index in [-0.39, 0.29) is 0 Å². The van der Waals surface area contributed by atoms with Gasteiger partial charge in [0.05, 0.1) is 6.42 Å². The smallest absolute Gasteiger partial charge is 0.449 e.